The fourth-order valence-electron chi connectivity index (χ4n) is 3.45. The van der Waals surface area contributed by atoms with Gasteiger partial charge in [-0.3, -0.25) is 4.79 Å². The van der Waals surface area contributed by atoms with E-state index >= 15 is 0 Å². The number of nitrogens with one attached hydrogen (secondary N) is 1. The normalized spacial score (nSPS) is 19.2. The van der Waals surface area contributed by atoms with Crippen molar-refractivity contribution in [3.63, 3.8) is 0 Å². The Labute approximate surface area is 126 Å². The zero-order chi connectivity index (χ0) is 15.0. The molecule has 1 fully saturated rings. The Morgan fingerprint density at radius 1 is 1.33 bits per heavy atom. The standard InChI is InChI=1S/C18H24N2O/c1-4-15-7-5-6-10-20(15)18(21)14-8-9-17-16(11-14)12(2)13(3)19-17/h8-9,11,15,19H,4-7,10H2,1-3H3. The van der Waals surface area contributed by atoms with E-state index in [0.717, 1.165) is 36.9 Å². The van der Waals surface area contributed by atoms with E-state index in [1.807, 2.05) is 12.1 Å². The molecule has 0 aliphatic carbocycles. The minimum Gasteiger partial charge on any atom is -0.358 e. The number of benzene rings is 1. The van der Waals surface area contributed by atoms with Gasteiger partial charge in [0.05, 0.1) is 0 Å². The van der Waals surface area contributed by atoms with Gasteiger partial charge in [0.1, 0.15) is 0 Å². The van der Waals surface area contributed by atoms with Crippen LogP contribution < -0.4 is 0 Å². The largest absolute Gasteiger partial charge is 0.358 e. The number of aryl methyl sites for hydroxylation is 2. The number of carbonyl (C=O) groups excluding carboxylic acids is 1. The molecule has 0 bridgehead atoms. The molecule has 2 aromatic rings. The number of hydrogen-bond acceptors (Lipinski definition) is 1. The third kappa shape index (κ3) is 2.45. The molecule has 2 heterocycles. The Hall–Kier alpha value is -1.77. The summed E-state index contributed by atoms with van der Waals surface area (Å²) in [4.78, 5) is 18.3. The highest BCUT2D eigenvalue weighted by Crippen LogP contribution is 2.25. The van der Waals surface area contributed by atoms with Crippen LogP contribution in [-0.2, 0) is 0 Å². The maximum atomic E-state index is 12.8. The number of amides is 1. The average molecular weight is 284 g/mol. The van der Waals surface area contributed by atoms with Gasteiger partial charge in [-0.1, -0.05) is 6.92 Å². The van der Waals surface area contributed by atoms with Gasteiger partial charge in [-0.2, -0.15) is 0 Å². The number of aromatic amines is 1. The maximum Gasteiger partial charge on any atom is 0.254 e. The molecule has 1 aromatic heterocycles. The fraction of sp³-hybridized carbons (Fsp3) is 0.500. The second-order valence-electron chi connectivity index (χ2n) is 6.19. The van der Waals surface area contributed by atoms with Crippen molar-refractivity contribution in [3.8, 4) is 0 Å². The maximum absolute atomic E-state index is 12.8. The first-order valence-electron chi connectivity index (χ1n) is 8.01. The first-order valence-corrected chi connectivity index (χ1v) is 8.01. The number of hydrogen-bond donors (Lipinski definition) is 1. The molecule has 3 heteroatoms. The van der Waals surface area contributed by atoms with Crippen molar-refractivity contribution < 1.29 is 4.79 Å². The molecule has 1 amide bonds. The van der Waals surface area contributed by atoms with E-state index in [4.69, 9.17) is 0 Å². The van der Waals surface area contributed by atoms with Crippen LogP contribution >= 0.6 is 0 Å². The van der Waals surface area contributed by atoms with E-state index in [2.05, 4.69) is 36.7 Å². The molecule has 1 aromatic carbocycles. The molecule has 1 aliphatic heterocycles. The smallest absolute Gasteiger partial charge is 0.254 e. The fourth-order valence-corrected chi connectivity index (χ4v) is 3.45. The number of likely N-dealkylation sites (tertiary alicyclic amines) is 1. The molecule has 1 unspecified atom stereocenters. The summed E-state index contributed by atoms with van der Waals surface area (Å²) in [5.74, 6) is 0.196. The molecular weight excluding hydrogens is 260 g/mol. The molecule has 21 heavy (non-hydrogen) atoms. The highest BCUT2D eigenvalue weighted by atomic mass is 16.2. The third-order valence-electron chi connectivity index (χ3n) is 4.91. The van der Waals surface area contributed by atoms with Crippen molar-refractivity contribution in [3.05, 3.63) is 35.0 Å². The second-order valence-corrected chi connectivity index (χ2v) is 6.19. The van der Waals surface area contributed by atoms with Crippen molar-refractivity contribution in [2.45, 2.75) is 52.5 Å². The van der Waals surface area contributed by atoms with Crippen molar-refractivity contribution in [1.29, 1.82) is 0 Å². The third-order valence-corrected chi connectivity index (χ3v) is 4.91. The predicted octanol–water partition coefficient (Wildman–Crippen LogP) is 4.19. The van der Waals surface area contributed by atoms with E-state index in [1.165, 1.54) is 23.1 Å². The van der Waals surface area contributed by atoms with E-state index in [-0.39, 0.29) is 5.91 Å². The van der Waals surface area contributed by atoms with Crippen molar-refractivity contribution >= 4 is 16.8 Å². The van der Waals surface area contributed by atoms with Crippen molar-refractivity contribution in [2.75, 3.05) is 6.54 Å². The van der Waals surface area contributed by atoms with Gasteiger partial charge in [-0.05, 0) is 63.3 Å². The second kappa shape index (κ2) is 5.55. The van der Waals surface area contributed by atoms with E-state index in [1.54, 1.807) is 0 Å². The summed E-state index contributed by atoms with van der Waals surface area (Å²) in [6, 6.07) is 6.46. The highest BCUT2D eigenvalue weighted by Gasteiger charge is 2.26. The van der Waals surface area contributed by atoms with Crippen LogP contribution in [0.3, 0.4) is 0 Å². The van der Waals surface area contributed by atoms with Gasteiger partial charge >= 0.3 is 0 Å². The van der Waals surface area contributed by atoms with E-state index in [0.29, 0.717) is 6.04 Å². The summed E-state index contributed by atoms with van der Waals surface area (Å²) < 4.78 is 0. The summed E-state index contributed by atoms with van der Waals surface area (Å²) in [6.45, 7) is 7.27. The number of nitrogens with zero attached hydrogens (tertiary/aromatic N) is 1. The number of aromatic nitrogens is 1. The minimum atomic E-state index is 0.196. The van der Waals surface area contributed by atoms with Gasteiger partial charge in [-0.25, -0.2) is 0 Å². The summed E-state index contributed by atoms with van der Waals surface area (Å²) in [5, 5.41) is 1.17. The molecule has 0 spiro atoms. The van der Waals surface area contributed by atoms with Crippen LogP contribution in [-0.4, -0.2) is 28.4 Å². The molecule has 1 atom stereocenters. The zero-order valence-corrected chi connectivity index (χ0v) is 13.2. The first kappa shape index (κ1) is 14.2. The average Bonchev–Trinajstić information content (AvgIpc) is 2.81. The summed E-state index contributed by atoms with van der Waals surface area (Å²) in [7, 11) is 0. The Bertz CT molecular complexity index is 671. The van der Waals surface area contributed by atoms with Crippen LogP contribution in [0.25, 0.3) is 10.9 Å². The monoisotopic (exact) mass is 284 g/mol. The Kier molecular flexibility index (Phi) is 3.75. The van der Waals surface area contributed by atoms with Gasteiger partial charge in [0, 0.05) is 34.7 Å². The number of carbonyl (C=O) groups is 1. The molecule has 1 aliphatic rings. The molecular formula is C18H24N2O. The first-order chi connectivity index (χ1) is 10.1. The van der Waals surface area contributed by atoms with Gasteiger partial charge < -0.3 is 9.88 Å². The van der Waals surface area contributed by atoms with Gasteiger partial charge in [-0.15, -0.1) is 0 Å². The summed E-state index contributed by atoms with van der Waals surface area (Å²) in [5.41, 5.74) is 4.36. The van der Waals surface area contributed by atoms with Crippen LogP contribution in [0, 0.1) is 13.8 Å². The van der Waals surface area contributed by atoms with Crippen LogP contribution in [0.5, 0.6) is 0 Å². The van der Waals surface area contributed by atoms with Crippen molar-refractivity contribution in [2.24, 2.45) is 0 Å². The number of piperidine rings is 1. The predicted molar refractivity (Wildman–Crippen MR) is 86.7 cm³/mol. The summed E-state index contributed by atoms with van der Waals surface area (Å²) >= 11 is 0. The molecule has 1 saturated heterocycles. The lowest BCUT2D eigenvalue weighted by Gasteiger charge is -2.35. The SMILES string of the molecule is CCC1CCCCN1C(=O)c1ccc2[nH]c(C)c(C)c2c1. The Morgan fingerprint density at radius 3 is 2.90 bits per heavy atom. The Morgan fingerprint density at radius 2 is 2.14 bits per heavy atom. The van der Waals surface area contributed by atoms with Crippen LogP contribution in [0.4, 0.5) is 0 Å². The van der Waals surface area contributed by atoms with Gasteiger partial charge in [0.25, 0.3) is 5.91 Å². The summed E-state index contributed by atoms with van der Waals surface area (Å²) in [6.07, 6.45) is 4.58. The van der Waals surface area contributed by atoms with Crippen LogP contribution in [0.1, 0.15) is 54.2 Å². The molecule has 0 saturated carbocycles. The quantitative estimate of drug-likeness (QED) is 0.882. The van der Waals surface area contributed by atoms with Gasteiger partial charge in [0.15, 0.2) is 0 Å². The molecule has 3 nitrogen and oxygen atoms in total. The van der Waals surface area contributed by atoms with E-state index in [9.17, 15) is 4.79 Å². The topological polar surface area (TPSA) is 36.1 Å². The molecule has 1 N–H and O–H groups in total. The van der Waals surface area contributed by atoms with Gasteiger partial charge in [0.2, 0.25) is 0 Å². The lowest BCUT2D eigenvalue weighted by atomic mass is 9.98. The minimum absolute atomic E-state index is 0.196. The molecule has 0 radical (unpaired) electrons. The van der Waals surface area contributed by atoms with Crippen LogP contribution in [0.2, 0.25) is 0 Å². The molecule has 3 rings (SSSR count). The Balaban J connectivity index is 1.95. The van der Waals surface area contributed by atoms with Crippen LogP contribution in [0.15, 0.2) is 18.2 Å². The van der Waals surface area contributed by atoms with E-state index < -0.39 is 0 Å². The lowest BCUT2D eigenvalue weighted by molar-refractivity contribution is 0.0608. The number of rotatable bonds is 2. The zero-order valence-electron chi connectivity index (χ0n) is 13.2. The highest BCUT2D eigenvalue weighted by molar-refractivity contribution is 5.99. The number of H-pyrrole nitrogens is 1. The number of fused-ring (bicyclic) bond motifs is 1. The molecule has 112 valence electrons. The van der Waals surface area contributed by atoms with Crippen molar-refractivity contribution in [1.82, 2.24) is 9.88 Å². The lowest BCUT2D eigenvalue weighted by Crippen LogP contribution is -2.43.